The molecule has 80 valence electrons. The Balaban J connectivity index is 0. The third-order valence-corrected chi connectivity index (χ3v) is 1.51. The SMILES string of the molecule is C.C=C(C)/C=C1/C=CNCC1=C.CC. The Labute approximate surface area is 88.9 Å². The molecule has 0 saturated heterocycles. The highest BCUT2D eigenvalue weighted by Crippen LogP contribution is 2.13. The van der Waals surface area contributed by atoms with E-state index in [4.69, 9.17) is 0 Å². The molecule has 0 radical (unpaired) electrons. The molecule has 0 fully saturated rings. The van der Waals surface area contributed by atoms with Crippen LogP contribution >= 0.6 is 0 Å². The lowest BCUT2D eigenvalue weighted by molar-refractivity contribution is 0.926. The van der Waals surface area contributed by atoms with Gasteiger partial charge in [0.1, 0.15) is 0 Å². The van der Waals surface area contributed by atoms with Crippen molar-refractivity contribution < 1.29 is 0 Å². The number of nitrogens with one attached hydrogen (secondary N) is 1. The molecule has 0 saturated carbocycles. The fourth-order valence-electron chi connectivity index (χ4n) is 0.966. The Bertz CT molecular complexity index is 244. The molecule has 1 heterocycles. The van der Waals surface area contributed by atoms with Crippen LogP contribution in [0.3, 0.4) is 0 Å². The maximum Gasteiger partial charge on any atom is 0.0395 e. The van der Waals surface area contributed by atoms with Gasteiger partial charge in [-0.05, 0) is 30.3 Å². The average Bonchev–Trinajstić information content (AvgIpc) is 2.12. The summed E-state index contributed by atoms with van der Waals surface area (Å²) in [6.07, 6.45) is 5.99. The molecule has 1 rings (SSSR count). The minimum absolute atomic E-state index is 0. The van der Waals surface area contributed by atoms with Gasteiger partial charge in [0.25, 0.3) is 0 Å². The molecule has 0 spiro atoms. The van der Waals surface area contributed by atoms with Crippen LogP contribution in [-0.4, -0.2) is 6.54 Å². The van der Waals surface area contributed by atoms with Gasteiger partial charge in [-0.1, -0.05) is 46.1 Å². The second kappa shape index (κ2) is 8.36. The normalized spacial score (nSPS) is 16.2. The lowest BCUT2D eigenvalue weighted by Crippen LogP contribution is -2.14. The monoisotopic (exact) mass is 193 g/mol. The Kier molecular flexibility index (Phi) is 9.10. The summed E-state index contributed by atoms with van der Waals surface area (Å²) < 4.78 is 0. The topological polar surface area (TPSA) is 12.0 Å². The third-order valence-electron chi connectivity index (χ3n) is 1.51. The number of rotatable bonds is 1. The summed E-state index contributed by atoms with van der Waals surface area (Å²) in [4.78, 5) is 0. The average molecular weight is 193 g/mol. The summed E-state index contributed by atoms with van der Waals surface area (Å²) in [6, 6.07) is 0. The van der Waals surface area contributed by atoms with Gasteiger partial charge in [0.2, 0.25) is 0 Å². The summed E-state index contributed by atoms with van der Waals surface area (Å²) >= 11 is 0. The van der Waals surface area contributed by atoms with E-state index < -0.39 is 0 Å². The van der Waals surface area contributed by atoms with Crippen LogP contribution in [0.1, 0.15) is 28.2 Å². The van der Waals surface area contributed by atoms with Crippen LogP contribution in [0.15, 0.2) is 48.2 Å². The van der Waals surface area contributed by atoms with Crippen LogP contribution in [-0.2, 0) is 0 Å². The molecular formula is C13H23N. The molecule has 0 aromatic heterocycles. The van der Waals surface area contributed by atoms with Crippen molar-refractivity contribution in [2.75, 3.05) is 6.54 Å². The molecule has 0 atom stereocenters. The molecular weight excluding hydrogens is 170 g/mol. The Morgan fingerprint density at radius 2 is 2.07 bits per heavy atom. The predicted molar refractivity (Wildman–Crippen MR) is 67.3 cm³/mol. The van der Waals surface area contributed by atoms with E-state index in [0.717, 1.165) is 17.7 Å². The molecule has 0 amide bonds. The van der Waals surface area contributed by atoms with Crippen LogP contribution in [0.4, 0.5) is 0 Å². The molecule has 1 N–H and O–H groups in total. The zero-order valence-electron chi connectivity index (χ0n) is 8.85. The van der Waals surface area contributed by atoms with E-state index in [0.29, 0.717) is 0 Å². The summed E-state index contributed by atoms with van der Waals surface area (Å²) in [5.74, 6) is 0. The third kappa shape index (κ3) is 5.41. The van der Waals surface area contributed by atoms with E-state index >= 15 is 0 Å². The first-order valence-electron chi connectivity index (χ1n) is 4.65. The zero-order chi connectivity index (χ0) is 10.3. The molecule has 14 heavy (non-hydrogen) atoms. The fraction of sp³-hybridized carbons (Fsp3) is 0.385. The molecule has 0 aromatic carbocycles. The maximum absolute atomic E-state index is 3.93. The van der Waals surface area contributed by atoms with Crippen LogP contribution in [0, 0.1) is 0 Å². The number of allylic oxidation sites excluding steroid dienone is 3. The van der Waals surface area contributed by atoms with Crippen molar-refractivity contribution in [1.82, 2.24) is 5.32 Å². The van der Waals surface area contributed by atoms with Crippen molar-refractivity contribution in [3.8, 4) is 0 Å². The Morgan fingerprint density at radius 3 is 2.50 bits per heavy atom. The molecule has 1 nitrogen and oxygen atoms in total. The predicted octanol–water partition coefficient (Wildman–Crippen LogP) is 3.82. The fourth-order valence-corrected chi connectivity index (χ4v) is 0.966. The first-order valence-corrected chi connectivity index (χ1v) is 4.65. The van der Waals surface area contributed by atoms with E-state index in [1.165, 1.54) is 5.57 Å². The van der Waals surface area contributed by atoms with E-state index in [2.05, 4.69) is 18.5 Å². The zero-order valence-corrected chi connectivity index (χ0v) is 8.85. The molecule has 0 aliphatic carbocycles. The summed E-state index contributed by atoms with van der Waals surface area (Å²) in [7, 11) is 0. The van der Waals surface area contributed by atoms with Gasteiger partial charge in [-0.25, -0.2) is 0 Å². The molecule has 1 aliphatic heterocycles. The van der Waals surface area contributed by atoms with Crippen LogP contribution < -0.4 is 5.32 Å². The quantitative estimate of drug-likeness (QED) is 0.667. The molecule has 0 bridgehead atoms. The van der Waals surface area contributed by atoms with Crippen molar-refractivity contribution in [2.24, 2.45) is 0 Å². The van der Waals surface area contributed by atoms with Crippen molar-refractivity contribution in [3.63, 3.8) is 0 Å². The van der Waals surface area contributed by atoms with Crippen molar-refractivity contribution in [3.05, 3.63) is 48.2 Å². The Hall–Kier alpha value is -1.24. The minimum Gasteiger partial charge on any atom is -0.387 e. The largest absolute Gasteiger partial charge is 0.387 e. The van der Waals surface area contributed by atoms with E-state index in [1.807, 2.05) is 39.1 Å². The van der Waals surface area contributed by atoms with E-state index in [9.17, 15) is 0 Å². The Morgan fingerprint density at radius 1 is 1.50 bits per heavy atom. The summed E-state index contributed by atoms with van der Waals surface area (Å²) in [5, 5.41) is 3.09. The van der Waals surface area contributed by atoms with Crippen molar-refractivity contribution in [2.45, 2.75) is 28.2 Å². The lowest BCUT2D eigenvalue weighted by atomic mass is 10.0. The van der Waals surface area contributed by atoms with Gasteiger partial charge >= 0.3 is 0 Å². The highest BCUT2D eigenvalue weighted by molar-refractivity contribution is 5.44. The summed E-state index contributed by atoms with van der Waals surface area (Å²) in [5.41, 5.74) is 3.36. The van der Waals surface area contributed by atoms with Gasteiger partial charge in [0.05, 0.1) is 0 Å². The molecule has 1 heteroatoms. The van der Waals surface area contributed by atoms with E-state index in [1.54, 1.807) is 0 Å². The van der Waals surface area contributed by atoms with Crippen molar-refractivity contribution >= 4 is 0 Å². The van der Waals surface area contributed by atoms with Crippen molar-refractivity contribution in [1.29, 1.82) is 0 Å². The standard InChI is InChI=1S/C10H13N.C2H6.CH4/c1-8(2)6-10-4-5-11-7-9(10)3;1-2;/h4-6,11H,1,3,7H2,2H3;1-2H3;1H4/b10-6-;;. The van der Waals surface area contributed by atoms with E-state index in [-0.39, 0.29) is 7.43 Å². The maximum atomic E-state index is 3.93. The van der Waals surface area contributed by atoms with Crippen LogP contribution in [0.2, 0.25) is 0 Å². The van der Waals surface area contributed by atoms with Gasteiger partial charge in [-0.15, -0.1) is 0 Å². The second-order valence-corrected chi connectivity index (χ2v) is 2.76. The summed E-state index contributed by atoms with van der Waals surface area (Å²) in [6.45, 7) is 14.6. The molecule has 0 unspecified atom stereocenters. The molecule has 1 aliphatic rings. The van der Waals surface area contributed by atoms with Crippen LogP contribution in [0.25, 0.3) is 0 Å². The minimum atomic E-state index is 0. The second-order valence-electron chi connectivity index (χ2n) is 2.76. The molecule has 0 aromatic rings. The highest BCUT2D eigenvalue weighted by Gasteiger charge is 2.01. The first-order chi connectivity index (χ1) is 6.20. The number of hydrogen-bond donors (Lipinski definition) is 1. The first kappa shape index (κ1) is 15.2. The highest BCUT2D eigenvalue weighted by atomic mass is 14.8. The number of hydrogen-bond acceptors (Lipinski definition) is 1. The smallest absolute Gasteiger partial charge is 0.0395 e. The lowest BCUT2D eigenvalue weighted by Gasteiger charge is -2.12. The van der Waals surface area contributed by atoms with Crippen LogP contribution in [0.5, 0.6) is 0 Å². The van der Waals surface area contributed by atoms with Gasteiger partial charge in [0, 0.05) is 6.54 Å². The van der Waals surface area contributed by atoms with Gasteiger partial charge in [0.15, 0.2) is 0 Å². The van der Waals surface area contributed by atoms with Gasteiger partial charge in [-0.3, -0.25) is 0 Å². The van der Waals surface area contributed by atoms with Gasteiger partial charge in [-0.2, -0.15) is 0 Å². The van der Waals surface area contributed by atoms with Gasteiger partial charge < -0.3 is 5.32 Å².